The maximum absolute atomic E-state index is 11.4. The molecular weight excluding hydrogens is 234 g/mol. The van der Waals surface area contributed by atoms with Gasteiger partial charge in [0, 0.05) is 11.8 Å². The number of carboxylic acids is 1. The predicted molar refractivity (Wildman–Crippen MR) is 64.8 cm³/mol. The van der Waals surface area contributed by atoms with Crippen molar-refractivity contribution in [3.63, 3.8) is 0 Å². The number of aromatic nitrogens is 2. The second-order valence-corrected chi connectivity index (χ2v) is 3.89. The van der Waals surface area contributed by atoms with Gasteiger partial charge >= 0.3 is 5.97 Å². The van der Waals surface area contributed by atoms with Gasteiger partial charge < -0.3 is 10.4 Å². The first-order chi connectivity index (χ1) is 8.66. The molecule has 6 nitrogen and oxygen atoms in total. The highest BCUT2D eigenvalue weighted by molar-refractivity contribution is 5.83. The van der Waals surface area contributed by atoms with Crippen molar-refractivity contribution in [1.82, 2.24) is 15.5 Å². The molecule has 1 heterocycles. The van der Waals surface area contributed by atoms with Crippen LogP contribution >= 0.6 is 0 Å². The molecule has 0 bridgehead atoms. The summed E-state index contributed by atoms with van der Waals surface area (Å²) in [5.74, 6) is -1.26. The number of carbonyl (C=O) groups excluding carboxylic acids is 1. The molecule has 6 heteroatoms. The largest absolute Gasteiger partial charge is 0.481 e. The lowest BCUT2D eigenvalue weighted by Gasteiger charge is -2.02. The normalized spacial score (nSPS) is 10.4. The fourth-order valence-corrected chi connectivity index (χ4v) is 1.64. The van der Waals surface area contributed by atoms with Crippen molar-refractivity contribution in [3.05, 3.63) is 30.0 Å². The van der Waals surface area contributed by atoms with Crippen molar-refractivity contribution in [2.24, 2.45) is 0 Å². The van der Waals surface area contributed by atoms with Gasteiger partial charge in [-0.3, -0.25) is 14.7 Å². The molecular formula is C12H13N3O3. The first-order valence-corrected chi connectivity index (χ1v) is 5.57. The van der Waals surface area contributed by atoms with E-state index in [0.29, 0.717) is 6.54 Å². The molecule has 3 N–H and O–H groups in total. The third-order valence-electron chi connectivity index (χ3n) is 2.57. The maximum atomic E-state index is 11.4. The van der Waals surface area contributed by atoms with E-state index in [1.807, 2.05) is 24.3 Å². The Bertz CT molecular complexity index is 577. The number of hydrogen-bond acceptors (Lipinski definition) is 3. The zero-order valence-electron chi connectivity index (χ0n) is 9.64. The molecule has 1 amide bonds. The van der Waals surface area contributed by atoms with Crippen LogP contribution in [0, 0.1) is 0 Å². The Kier molecular flexibility index (Phi) is 3.57. The Hall–Kier alpha value is -2.37. The van der Waals surface area contributed by atoms with Crippen LogP contribution in [0.5, 0.6) is 0 Å². The van der Waals surface area contributed by atoms with Gasteiger partial charge in [0.2, 0.25) is 5.91 Å². The van der Waals surface area contributed by atoms with Crippen LogP contribution in [0.25, 0.3) is 10.9 Å². The van der Waals surface area contributed by atoms with Gasteiger partial charge in [-0.15, -0.1) is 0 Å². The van der Waals surface area contributed by atoms with E-state index in [1.54, 1.807) is 0 Å². The number of carboxylic acid groups (broad SMARTS) is 1. The number of aliphatic carboxylic acids is 1. The van der Waals surface area contributed by atoms with Gasteiger partial charge in [-0.2, -0.15) is 5.10 Å². The van der Waals surface area contributed by atoms with Gasteiger partial charge in [0.1, 0.15) is 0 Å². The molecule has 0 radical (unpaired) electrons. The Morgan fingerprint density at radius 3 is 2.83 bits per heavy atom. The van der Waals surface area contributed by atoms with Gasteiger partial charge in [-0.05, 0) is 6.07 Å². The lowest BCUT2D eigenvalue weighted by atomic mass is 10.2. The number of benzene rings is 1. The van der Waals surface area contributed by atoms with E-state index < -0.39 is 5.97 Å². The standard InChI is InChI=1S/C12H13N3O3/c16-11(5-6-12(17)18)13-7-10-8-3-1-2-4-9(8)14-15-10/h1-4H,5-7H2,(H,13,16)(H,14,15)(H,17,18). The quantitative estimate of drug-likeness (QED) is 0.735. The molecule has 1 aromatic heterocycles. The van der Waals surface area contributed by atoms with Gasteiger partial charge in [-0.1, -0.05) is 18.2 Å². The Balaban J connectivity index is 1.94. The number of carbonyl (C=O) groups is 2. The molecule has 2 rings (SSSR count). The zero-order chi connectivity index (χ0) is 13.0. The van der Waals surface area contributed by atoms with Crippen molar-refractivity contribution in [1.29, 1.82) is 0 Å². The number of amides is 1. The van der Waals surface area contributed by atoms with Crippen LogP contribution in [0.2, 0.25) is 0 Å². The van der Waals surface area contributed by atoms with E-state index in [0.717, 1.165) is 16.6 Å². The minimum Gasteiger partial charge on any atom is -0.481 e. The first-order valence-electron chi connectivity index (χ1n) is 5.57. The van der Waals surface area contributed by atoms with Crippen LogP contribution in [-0.4, -0.2) is 27.2 Å². The van der Waals surface area contributed by atoms with E-state index >= 15 is 0 Å². The van der Waals surface area contributed by atoms with E-state index in [4.69, 9.17) is 5.11 Å². The third-order valence-corrected chi connectivity index (χ3v) is 2.57. The summed E-state index contributed by atoms with van der Waals surface area (Å²) in [5, 5.41) is 19.0. The average molecular weight is 247 g/mol. The SMILES string of the molecule is O=C(O)CCC(=O)NCc1[nH]nc2ccccc12. The van der Waals surface area contributed by atoms with Gasteiger partial charge in [0.05, 0.1) is 24.2 Å². The fraction of sp³-hybridized carbons (Fsp3) is 0.250. The highest BCUT2D eigenvalue weighted by atomic mass is 16.4. The molecule has 0 saturated carbocycles. The average Bonchev–Trinajstić information content (AvgIpc) is 2.77. The van der Waals surface area contributed by atoms with Crippen molar-refractivity contribution >= 4 is 22.8 Å². The van der Waals surface area contributed by atoms with Crippen molar-refractivity contribution in [2.45, 2.75) is 19.4 Å². The molecule has 0 aliphatic heterocycles. The number of para-hydroxylation sites is 1. The van der Waals surface area contributed by atoms with E-state index in [-0.39, 0.29) is 18.7 Å². The fourth-order valence-electron chi connectivity index (χ4n) is 1.64. The molecule has 18 heavy (non-hydrogen) atoms. The number of rotatable bonds is 5. The summed E-state index contributed by atoms with van der Waals surface area (Å²) in [6.45, 7) is 0.318. The topological polar surface area (TPSA) is 95.1 Å². The highest BCUT2D eigenvalue weighted by Crippen LogP contribution is 2.14. The summed E-state index contributed by atoms with van der Waals surface area (Å²) in [6, 6.07) is 7.57. The smallest absolute Gasteiger partial charge is 0.303 e. The number of H-pyrrole nitrogens is 1. The van der Waals surface area contributed by atoms with Crippen LogP contribution in [0.1, 0.15) is 18.5 Å². The Morgan fingerprint density at radius 2 is 2.06 bits per heavy atom. The number of nitrogens with one attached hydrogen (secondary N) is 2. The summed E-state index contributed by atoms with van der Waals surface area (Å²) in [4.78, 5) is 21.7. The third kappa shape index (κ3) is 2.85. The second kappa shape index (κ2) is 5.31. The second-order valence-electron chi connectivity index (χ2n) is 3.89. The highest BCUT2D eigenvalue weighted by Gasteiger charge is 2.08. The summed E-state index contributed by atoms with van der Waals surface area (Å²) in [7, 11) is 0. The van der Waals surface area contributed by atoms with Gasteiger partial charge in [0.25, 0.3) is 0 Å². The molecule has 0 saturated heterocycles. The van der Waals surface area contributed by atoms with Crippen LogP contribution in [0.4, 0.5) is 0 Å². The monoisotopic (exact) mass is 247 g/mol. The predicted octanol–water partition coefficient (Wildman–Crippen LogP) is 1.04. The molecule has 0 fully saturated rings. The molecule has 0 aliphatic carbocycles. The molecule has 0 atom stereocenters. The number of aromatic amines is 1. The minimum absolute atomic E-state index is 0.0125. The maximum Gasteiger partial charge on any atom is 0.303 e. The lowest BCUT2D eigenvalue weighted by molar-refractivity contribution is -0.138. The molecule has 1 aromatic carbocycles. The molecule has 0 unspecified atom stereocenters. The summed E-state index contributed by atoms with van der Waals surface area (Å²) in [5.41, 5.74) is 1.65. The molecule has 0 spiro atoms. The zero-order valence-corrected chi connectivity index (χ0v) is 9.64. The Labute approximate surface area is 103 Å². The van der Waals surface area contributed by atoms with Crippen LogP contribution < -0.4 is 5.32 Å². The van der Waals surface area contributed by atoms with Crippen molar-refractivity contribution in [3.8, 4) is 0 Å². The summed E-state index contributed by atoms with van der Waals surface area (Å²) >= 11 is 0. The number of fused-ring (bicyclic) bond motifs is 1. The van der Waals surface area contributed by atoms with Crippen LogP contribution in [0.15, 0.2) is 24.3 Å². The number of nitrogens with zero attached hydrogens (tertiary/aromatic N) is 1. The molecule has 94 valence electrons. The van der Waals surface area contributed by atoms with Crippen LogP contribution in [-0.2, 0) is 16.1 Å². The van der Waals surface area contributed by atoms with Crippen LogP contribution in [0.3, 0.4) is 0 Å². The van der Waals surface area contributed by atoms with E-state index in [2.05, 4.69) is 15.5 Å². The number of hydrogen-bond donors (Lipinski definition) is 3. The van der Waals surface area contributed by atoms with Gasteiger partial charge in [0.15, 0.2) is 0 Å². The summed E-state index contributed by atoms with van der Waals surface area (Å²) < 4.78 is 0. The van der Waals surface area contributed by atoms with E-state index in [1.165, 1.54) is 0 Å². The minimum atomic E-state index is -0.975. The summed E-state index contributed by atoms with van der Waals surface area (Å²) in [6.07, 6.45) is -0.170. The van der Waals surface area contributed by atoms with Crippen molar-refractivity contribution < 1.29 is 14.7 Å². The molecule has 0 aliphatic rings. The lowest BCUT2D eigenvalue weighted by Crippen LogP contribution is -2.23. The van der Waals surface area contributed by atoms with Crippen molar-refractivity contribution in [2.75, 3.05) is 0 Å². The first kappa shape index (κ1) is 12.1. The van der Waals surface area contributed by atoms with Gasteiger partial charge in [-0.25, -0.2) is 0 Å². The Morgan fingerprint density at radius 1 is 1.28 bits per heavy atom. The van der Waals surface area contributed by atoms with E-state index in [9.17, 15) is 9.59 Å². The molecule has 2 aromatic rings.